The molecule has 3 N–H and O–H groups in total. The number of benzene rings is 4. The van der Waals surface area contributed by atoms with Crippen molar-refractivity contribution in [1.82, 2.24) is 0 Å². The van der Waals surface area contributed by atoms with Gasteiger partial charge in [-0.2, -0.15) is 0 Å². The number of hydrogen-bond donors (Lipinski definition) is 2. The number of carbonyl (C=O) groups excluding carboxylic acids is 3. The zero-order chi connectivity index (χ0) is 26.5. The van der Waals surface area contributed by atoms with Crippen molar-refractivity contribution in [2.75, 3.05) is 34.8 Å². The Morgan fingerprint density at radius 1 is 0.737 bits per heavy atom. The van der Waals surface area contributed by atoms with Crippen molar-refractivity contribution < 1.29 is 14.4 Å². The zero-order valence-corrected chi connectivity index (χ0v) is 20.8. The molecule has 0 fully saturated rings. The van der Waals surface area contributed by atoms with Gasteiger partial charge in [-0.15, -0.1) is 0 Å². The highest BCUT2D eigenvalue weighted by atomic mass is 16.2. The second-order valence-electron chi connectivity index (χ2n) is 9.13. The smallest absolute Gasteiger partial charge is 0.258 e. The van der Waals surface area contributed by atoms with E-state index in [-0.39, 0.29) is 18.4 Å². The lowest BCUT2D eigenvalue weighted by Crippen LogP contribution is -2.34. The quantitative estimate of drug-likeness (QED) is 0.388. The number of fused-ring (bicyclic) bond motifs is 1. The summed E-state index contributed by atoms with van der Waals surface area (Å²) in [5.74, 6) is -0.784. The summed E-state index contributed by atoms with van der Waals surface area (Å²) in [6.45, 7) is 1.24. The number of hydrogen-bond acceptors (Lipinski definition) is 4. The van der Waals surface area contributed by atoms with Gasteiger partial charge in [0.15, 0.2) is 0 Å². The maximum atomic E-state index is 13.5. The maximum Gasteiger partial charge on any atom is 0.258 e. The van der Waals surface area contributed by atoms with Gasteiger partial charge in [-0.25, -0.2) is 0 Å². The van der Waals surface area contributed by atoms with Gasteiger partial charge in [0.05, 0.1) is 17.9 Å². The fraction of sp³-hybridized carbons (Fsp3) is 0.129. The molecule has 4 aromatic carbocycles. The third kappa shape index (κ3) is 5.27. The van der Waals surface area contributed by atoms with Crippen LogP contribution in [0.2, 0.25) is 0 Å². The molecule has 0 radical (unpaired) electrons. The Morgan fingerprint density at radius 2 is 1.39 bits per heavy atom. The molecule has 1 aliphatic heterocycles. The molecule has 38 heavy (non-hydrogen) atoms. The lowest BCUT2D eigenvalue weighted by atomic mass is 9.99. The molecule has 7 heteroatoms. The Bertz CT molecular complexity index is 1470. The monoisotopic (exact) mass is 504 g/mol. The number of nitrogens with zero attached hydrogens (tertiary/aromatic N) is 2. The van der Waals surface area contributed by atoms with E-state index in [4.69, 9.17) is 5.73 Å². The Balaban J connectivity index is 1.34. The summed E-state index contributed by atoms with van der Waals surface area (Å²) in [5.41, 5.74) is 10.5. The van der Waals surface area contributed by atoms with Crippen LogP contribution >= 0.6 is 0 Å². The highest BCUT2D eigenvalue weighted by Gasteiger charge is 2.26. The predicted molar refractivity (Wildman–Crippen MR) is 150 cm³/mol. The van der Waals surface area contributed by atoms with Gasteiger partial charge in [0.25, 0.3) is 11.8 Å². The van der Waals surface area contributed by atoms with Crippen LogP contribution in [0.3, 0.4) is 0 Å². The second kappa shape index (κ2) is 11.0. The Hall–Kier alpha value is -4.91. The molecule has 0 atom stereocenters. The molecule has 0 spiro atoms. The topological polar surface area (TPSA) is 95.7 Å². The van der Waals surface area contributed by atoms with Crippen LogP contribution in [0.5, 0.6) is 0 Å². The van der Waals surface area contributed by atoms with Crippen LogP contribution in [0.4, 0.5) is 17.1 Å². The largest absolute Gasteiger partial charge is 0.368 e. The van der Waals surface area contributed by atoms with E-state index in [2.05, 4.69) is 5.32 Å². The van der Waals surface area contributed by atoms with Gasteiger partial charge in [0.2, 0.25) is 5.91 Å². The third-order valence-corrected chi connectivity index (χ3v) is 6.56. The van der Waals surface area contributed by atoms with Crippen molar-refractivity contribution in [2.45, 2.75) is 6.42 Å². The van der Waals surface area contributed by atoms with Gasteiger partial charge in [-0.3, -0.25) is 14.4 Å². The standard InChI is InChI=1S/C31H28N4O3/c32-29(36)21-34-19-8-20-35(28-14-7-6-13-27(28)34)31(38)23-15-17-24(18-16-23)33-30(37)26-12-5-4-11-25(26)22-9-2-1-3-10-22/h1-7,9-18H,8,19-21H2,(H2,32,36)(H,33,37). The lowest BCUT2D eigenvalue weighted by molar-refractivity contribution is -0.116. The van der Waals surface area contributed by atoms with Crippen molar-refractivity contribution in [3.63, 3.8) is 0 Å². The number of primary amides is 1. The van der Waals surface area contributed by atoms with Crippen LogP contribution in [0, 0.1) is 0 Å². The molecule has 1 heterocycles. The molecule has 0 saturated carbocycles. The SMILES string of the molecule is NC(=O)CN1CCCN(C(=O)c2ccc(NC(=O)c3ccccc3-c3ccccc3)cc2)c2ccccc21. The summed E-state index contributed by atoms with van der Waals surface area (Å²) in [4.78, 5) is 41.9. The Labute approximate surface area is 221 Å². The van der Waals surface area contributed by atoms with Gasteiger partial charge in [0.1, 0.15) is 0 Å². The highest BCUT2D eigenvalue weighted by molar-refractivity contribution is 6.10. The number of carbonyl (C=O) groups is 3. The molecular weight excluding hydrogens is 476 g/mol. The van der Waals surface area contributed by atoms with Crippen LogP contribution in [0.25, 0.3) is 11.1 Å². The maximum absolute atomic E-state index is 13.5. The first-order valence-corrected chi connectivity index (χ1v) is 12.5. The fourth-order valence-electron chi connectivity index (χ4n) is 4.78. The molecule has 0 aromatic heterocycles. The molecule has 3 amide bonds. The summed E-state index contributed by atoms with van der Waals surface area (Å²) in [7, 11) is 0. The minimum absolute atomic E-state index is 0.0981. The first-order chi connectivity index (χ1) is 18.5. The molecule has 7 nitrogen and oxygen atoms in total. The first kappa shape index (κ1) is 24.8. The normalized spacial score (nSPS) is 12.8. The minimum atomic E-state index is -0.413. The van der Waals surface area contributed by atoms with E-state index >= 15 is 0 Å². The van der Waals surface area contributed by atoms with Crippen LogP contribution in [0.15, 0.2) is 103 Å². The number of anilines is 3. The number of nitrogens with one attached hydrogen (secondary N) is 1. The zero-order valence-electron chi connectivity index (χ0n) is 20.8. The van der Waals surface area contributed by atoms with E-state index in [1.165, 1.54) is 0 Å². The lowest BCUT2D eigenvalue weighted by Gasteiger charge is -2.26. The van der Waals surface area contributed by atoms with Gasteiger partial charge in [-0.1, -0.05) is 60.7 Å². The van der Waals surface area contributed by atoms with E-state index in [9.17, 15) is 14.4 Å². The third-order valence-electron chi connectivity index (χ3n) is 6.56. The molecule has 4 aromatic rings. The molecule has 0 saturated heterocycles. The van der Waals surface area contributed by atoms with Gasteiger partial charge >= 0.3 is 0 Å². The van der Waals surface area contributed by atoms with Crippen molar-refractivity contribution in [2.24, 2.45) is 5.73 Å². The van der Waals surface area contributed by atoms with Crippen molar-refractivity contribution in [3.8, 4) is 11.1 Å². The van der Waals surface area contributed by atoms with Crippen LogP contribution < -0.4 is 20.9 Å². The fourth-order valence-corrected chi connectivity index (χ4v) is 4.78. The molecule has 1 aliphatic rings. The summed E-state index contributed by atoms with van der Waals surface area (Å²) in [6, 6.07) is 31.7. The minimum Gasteiger partial charge on any atom is -0.368 e. The number of amides is 3. The van der Waals surface area contributed by atoms with E-state index < -0.39 is 5.91 Å². The average molecular weight is 505 g/mol. The molecule has 0 aliphatic carbocycles. The van der Waals surface area contributed by atoms with Crippen LogP contribution in [-0.4, -0.2) is 37.4 Å². The van der Waals surface area contributed by atoms with Gasteiger partial charge in [0, 0.05) is 29.9 Å². The molecular formula is C31H28N4O3. The summed E-state index contributed by atoms with van der Waals surface area (Å²) < 4.78 is 0. The van der Waals surface area contributed by atoms with Gasteiger partial charge < -0.3 is 20.9 Å². The number of nitrogens with two attached hydrogens (primary N) is 1. The highest BCUT2D eigenvalue weighted by Crippen LogP contribution is 2.33. The molecule has 0 bridgehead atoms. The Morgan fingerprint density at radius 3 is 2.13 bits per heavy atom. The molecule has 0 unspecified atom stereocenters. The number of para-hydroxylation sites is 2. The summed E-state index contributed by atoms with van der Waals surface area (Å²) >= 11 is 0. The van der Waals surface area contributed by atoms with E-state index in [0.29, 0.717) is 36.3 Å². The molecule has 190 valence electrons. The van der Waals surface area contributed by atoms with E-state index in [1.807, 2.05) is 77.7 Å². The Kier molecular flexibility index (Phi) is 7.17. The van der Waals surface area contributed by atoms with Crippen molar-refractivity contribution >= 4 is 34.8 Å². The van der Waals surface area contributed by atoms with Crippen molar-refractivity contribution in [3.05, 3.63) is 114 Å². The first-order valence-electron chi connectivity index (χ1n) is 12.5. The number of rotatable bonds is 6. The van der Waals surface area contributed by atoms with E-state index in [0.717, 1.165) is 22.5 Å². The predicted octanol–water partition coefficient (Wildman–Crippen LogP) is 4.95. The van der Waals surface area contributed by atoms with Crippen molar-refractivity contribution in [1.29, 1.82) is 0 Å². The van der Waals surface area contributed by atoms with Gasteiger partial charge in [-0.05, 0) is 60.0 Å². The van der Waals surface area contributed by atoms with Crippen LogP contribution in [-0.2, 0) is 4.79 Å². The average Bonchev–Trinajstić information content (AvgIpc) is 3.13. The molecule has 5 rings (SSSR count). The van der Waals surface area contributed by atoms with Crippen LogP contribution in [0.1, 0.15) is 27.1 Å². The van der Waals surface area contributed by atoms with E-state index in [1.54, 1.807) is 35.2 Å². The summed E-state index contributed by atoms with van der Waals surface area (Å²) in [6.07, 6.45) is 0.697. The summed E-state index contributed by atoms with van der Waals surface area (Å²) in [5, 5.41) is 2.95. The second-order valence-corrected chi connectivity index (χ2v) is 9.13.